The second-order valence-electron chi connectivity index (χ2n) is 15.6. The number of hydrogen-bond acceptors (Lipinski definition) is 21. The summed E-state index contributed by atoms with van der Waals surface area (Å²) in [6.07, 6.45) is 13.2. The van der Waals surface area contributed by atoms with Crippen LogP contribution in [0, 0.1) is 6.92 Å². The summed E-state index contributed by atoms with van der Waals surface area (Å²) in [5.74, 6) is 1.80. The molecule has 4 aromatic rings. The fraction of sp³-hybridized carbons (Fsp3) is 0.591. The lowest BCUT2D eigenvalue weighted by Crippen LogP contribution is -2.31. The molecule has 0 aliphatic carbocycles. The molecule has 0 fully saturated rings. The molecule has 3 atom stereocenters. The van der Waals surface area contributed by atoms with E-state index in [-0.39, 0.29) is 55.3 Å². The van der Waals surface area contributed by atoms with Gasteiger partial charge in [-0.3, -0.25) is 28.8 Å². The van der Waals surface area contributed by atoms with E-state index in [0.29, 0.717) is 67.8 Å². The van der Waals surface area contributed by atoms with E-state index in [1.165, 1.54) is 33.4 Å². The molecular formula is C44H70N18O6. The smallest absolute Gasteiger partial charge is 0.251 e. The summed E-state index contributed by atoms with van der Waals surface area (Å²) in [6.45, 7) is 7.90. The molecule has 1 aromatic carbocycles. The largest absolute Gasteiger partial charge is 0.356 e. The molecule has 3 amide bonds. The number of aryl methyl sites for hydroxylation is 3. The number of hydrogen-bond donors (Lipinski definition) is 6. The number of amides is 3. The molecule has 0 saturated carbocycles. The van der Waals surface area contributed by atoms with Gasteiger partial charge in [0.2, 0.25) is 17.6 Å². The minimum absolute atomic E-state index is 0. The van der Waals surface area contributed by atoms with Crippen molar-refractivity contribution in [3.8, 4) is 11.4 Å². The third-order valence-electron chi connectivity index (χ3n) is 9.84. The Morgan fingerprint density at radius 3 is 1.38 bits per heavy atom. The van der Waals surface area contributed by atoms with Crippen LogP contribution in [0.5, 0.6) is 0 Å². The van der Waals surface area contributed by atoms with Gasteiger partial charge in [0.1, 0.15) is 17.3 Å². The summed E-state index contributed by atoms with van der Waals surface area (Å²) in [4.78, 5) is 68.0. The highest BCUT2D eigenvalue weighted by atomic mass is 16.2. The second-order valence-corrected chi connectivity index (χ2v) is 15.6. The molecule has 3 aromatic heterocycles. The summed E-state index contributed by atoms with van der Waals surface area (Å²) in [7, 11) is 0. The lowest BCUT2D eigenvalue weighted by molar-refractivity contribution is -0.123. The van der Waals surface area contributed by atoms with Gasteiger partial charge in [0.15, 0.2) is 30.1 Å². The number of nitrogens with zero attached hydrogens (tertiary/aromatic N) is 12. The maximum atomic E-state index is 12.1. The number of benzene rings is 1. The third-order valence-corrected chi connectivity index (χ3v) is 9.84. The Bertz CT molecular complexity index is 2050. The van der Waals surface area contributed by atoms with Crippen molar-refractivity contribution in [1.29, 1.82) is 0 Å². The van der Waals surface area contributed by atoms with Crippen molar-refractivity contribution < 1.29 is 28.8 Å². The van der Waals surface area contributed by atoms with Crippen molar-refractivity contribution in [2.45, 2.75) is 150 Å². The number of aromatic nitrogens is 12. The SMILES string of the molecule is C.CC(=O)C(N)CCC(=O)NCCCCCc1nnc(C)nn1.CC(=O)C(N)CCC(=O)NCCCCCc1nncnn1.CC(=O)C(N)CCCCNC(=O)c1ccc(-c2nncnn2)cc1. The molecular weight excluding hydrogens is 877 g/mol. The van der Waals surface area contributed by atoms with Crippen molar-refractivity contribution in [3.63, 3.8) is 0 Å². The highest BCUT2D eigenvalue weighted by molar-refractivity contribution is 5.94. The molecule has 0 saturated heterocycles. The van der Waals surface area contributed by atoms with Crippen LogP contribution in [-0.4, -0.2) is 134 Å². The summed E-state index contributed by atoms with van der Waals surface area (Å²) in [5, 5.41) is 54.1. The van der Waals surface area contributed by atoms with Gasteiger partial charge in [0.05, 0.1) is 18.1 Å². The molecule has 0 radical (unpaired) electrons. The molecule has 24 nitrogen and oxygen atoms in total. The van der Waals surface area contributed by atoms with E-state index in [1.807, 2.05) is 0 Å². The van der Waals surface area contributed by atoms with E-state index in [0.717, 1.165) is 69.8 Å². The fourth-order valence-electron chi connectivity index (χ4n) is 5.60. The third kappa shape index (κ3) is 27.7. The van der Waals surface area contributed by atoms with E-state index in [4.69, 9.17) is 17.2 Å². The first-order chi connectivity index (χ1) is 32.2. The normalized spacial score (nSPS) is 11.7. The Balaban J connectivity index is 0.000000508. The predicted molar refractivity (Wildman–Crippen MR) is 252 cm³/mol. The number of ketones is 3. The summed E-state index contributed by atoms with van der Waals surface area (Å²) in [5.41, 5.74) is 18.1. The summed E-state index contributed by atoms with van der Waals surface area (Å²) >= 11 is 0. The van der Waals surface area contributed by atoms with Crippen molar-refractivity contribution in [3.05, 3.63) is 60.0 Å². The summed E-state index contributed by atoms with van der Waals surface area (Å²) < 4.78 is 0. The van der Waals surface area contributed by atoms with Gasteiger partial charge in [-0.15, -0.1) is 61.2 Å². The van der Waals surface area contributed by atoms with Crippen LogP contribution in [0.3, 0.4) is 0 Å². The Kier molecular flexibility index (Phi) is 31.0. The van der Waals surface area contributed by atoms with E-state index in [1.54, 1.807) is 31.2 Å². The Morgan fingerprint density at radius 1 is 0.500 bits per heavy atom. The monoisotopic (exact) mass is 947 g/mol. The number of carbonyl (C=O) groups is 6. The van der Waals surface area contributed by atoms with E-state index >= 15 is 0 Å². The molecule has 0 aliphatic rings. The maximum absolute atomic E-state index is 12.1. The molecule has 0 aliphatic heterocycles. The quantitative estimate of drug-likeness (QED) is 0.0437. The number of nitrogens with two attached hydrogens (primary N) is 3. The Morgan fingerprint density at radius 2 is 0.912 bits per heavy atom. The molecule has 4 rings (SSSR count). The van der Waals surface area contributed by atoms with Crippen LogP contribution in [-0.2, 0) is 36.8 Å². The number of Topliss-reactive ketones (excluding diaryl/α,β-unsaturated/α-hetero) is 3. The Hall–Kier alpha value is -6.66. The van der Waals surface area contributed by atoms with Gasteiger partial charge in [-0.2, -0.15) is 0 Å². The van der Waals surface area contributed by atoms with Gasteiger partial charge in [-0.1, -0.05) is 32.4 Å². The lowest BCUT2D eigenvalue weighted by Gasteiger charge is -2.08. The van der Waals surface area contributed by atoms with Crippen LogP contribution in [0.1, 0.15) is 139 Å². The molecule has 9 N–H and O–H groups in total. The minimum Gasteiger partial charge on any atom is -0.356 e. The molecule has 68 heavy (non-hydrogen) atoms. The first-order valence-corrected chi connectivity index (χ1v) is 22.4. The average Bonchev–Trinajstić information content (AvgIpc) is 3.33. The van der Waals surface area contributed by atoms with Crippen LogP contribution in [0.4, 0.5) is 0 Å². The second kappa shape index (κ2) is 35.5. The number of nitrogens with one attached hydrogen (secondary N) is 3. The fourth-order valence-corrected chi connectivity index (χ4v) is 5.60. The van der Waals surface area contributed by atoms with Crippen LogP contribution in [0.15, 0.2) is 36.9 Å². The zero-order valence-corrected chi connectivity index (χ0v) is 39.0. The van der Waals surface area contributed by atoms with Crippen LogP contribution < -0.4 is 33.2 Å². The van der Waals surface area contributed by atoms with E-state index < -0.39 is 18.1 Å². The molecule has 372 valence electrons. The standard InChI is InChI=1S/C16H20N6O2.C14H24N6O2.C13H22N6O2.CH4/c1-11(23)14(17)4-2-3-9-18-16(24)13-7-5-12(6-8-13)15-21-19-10-20-22-15;1-10(21)12(15)7-8-14(22)16-9-5-3-4-6-13-19-17-11(2)18-20-13;1-10(20)11(14)6-7-13(21)15-8-4-2-3-5-12-18-16-9-17-19-12;/h5-8,10,14H,2-4,9,17H2,1H3,(H,18,24);12H,3-9,15H2,1-2H3,(H,16,22);9,11H,2-8,14H2,1H3,(H,15,21);1H4. The number of rotatable bonds is 28. The van der Waals surface area contributed by atoms with Crippen LogP contribution in [0.2, 0.25) is 0 Å². The molecule has 3 heterocycles. The number of unbranched alkanes of at least 4 members (excludes halogenated alkanes) is 5. The first-order valence-electron chi connectivity index (χ1n) is 22.4. The van der Waals surface area contributed by atoms with E-state index in [9.17, 15) is 28.8 Å². The molecule has 24 heteroatoms. The van der Waals surface area contributed by atoms with Gasteiger partial charge in [-0.05, 0) is 97.6 Å². The maximum Gasteiger partial charge on any atom is 0.251 e. The van der Waals surface area contributed by atoms with Gasteiger partial charge < -0.3 is 33.2 Å². The topological polar surface area (TPSA) is 371 Å². The van der Waals surface area contributed by atoms with Crippen molar-refractivity contribution >= 4 is 35.1 Å². The van der Waals surface area contributed by atoms with E-state index in [2.05, 4.69) is 77.1 Å². The zero-order valence-electron chi connectivity index (χ0n) is 39.0. The number of carbonyl (C=O) groups excluding carboxylic acids is 6. The van der Waals surface area contributed by atoms with Gasteiger partial charge in [0.25, 0.3) is 5.91 Å². The summed E-state index contributed by atoms with van der Waals surface area (Å²) in [6, 6.07) is 5.42. The highest BCUT2D eigenvalue weighted by Crippen LogP contribution is 2.14. The first kappa shape index (κ1) is 59.4. The van der Waals surface area contributed by atoms with Crippen molar-refractivity contribution in [1.82, 2.24) is 77.1 Å². The highest BCUT2D eigenvalue weighted by Gasteiger charge is 2.13. The predicted octanol–water partition coefficient (Wildman–Crippen LogP) is 1.28. The minimum atomic E-state index is -0.539. The van der Waals surface area contributed by atoms with Gasteiger partial charge >= 0.3 is 0 Å². The molecule has 3 unspecified atom stereocenters. The zero-order chi connectivity index (χ0) is 49.2. The van der Waals surface area contributed by atoms with Crippen molar-refractivity contribution in [2.24, 2.45) is 17.2 Å². The van der Waals surface area contributed by atoms with Crippen molar-refractivity contribution in [2.75, 3.05) is 19.6 Å². The molecule has 0 bridgehead atoms. The average molecular weight is 947 g/mol. The van der Waals surface area contributed by atoms with Gasteiger partial charge in [0, 0.05) is 56.4 Å². The van der Waals surface area contributed by atoms with Gasteiger partial charge in [-0.25, -0.2) is 0 Å². The van der Waals surface area contributed by atoms with Crippen LogP contribution in [0.25, 0.3) is 11.4 Å². The Labute approximate surface area is 397 Å². The lowest BCUT2D eigenvalue weighted by atomic mass is 10.1. The van der Waals surface area contributed by atoms with Crippen LogP contribution >= 0.6 is 0 Å². The molecule has 0 spiro atoms.